The average molecular weight is 252 g/mol. The topological polar surface area (TPSA) is 15.3 Å². The van der Waals surface area contributed by atoms with Crippen molar-refractivity contribution in [3.8, 4) is 0 Å². The van der Waals surface area contributed by atoms with Gasteiger partial charge in [0, 0.05) is 30.7 Å². The van der Waals surface area contributed by atoms with Gasteiger partial charge in [-0.2, -0.15) is 0 Å². The molecule has 18 heavy (non-hydrogen) atoms. The molecule has 0 amide bonds. The molecule has 1 aliphatic heterocycles. The molecule has 2 rings (SSSR count). The van der Waals surface area contributed by atoms with E-state index in [-0.39, 0.29) is 0 Å². The maximum absolute atomic E-state index is 3.71. The molecule has 3 unspecified atom stereocenters. The Balaban J connectivity index is 2.03. The summed E-state index contributed by atoms with van der Waals surface area (Å²) in [7, 11) is 0. The van der Waals surface area contributed by atoms with Gasteiger partial charge < -0.3 is 5.32 Å². The molecule has 2 heteroatoms. The van der Waals surface area contributed by atoms with Crippen LogP contribution < -0.4 is 5.32 Å². The number of nitrogens with zero attached hydrogens (tertiary/aromatic N) is 1. The molecule has 0 spiro atoms. The monoisotopic (exact) mass is 252 g/mol. The van der Waals surface area contributed by atoms with E-state index in [1.165, 1.54) is 51.6 Å². The van der Waals surface area contributed by atoms with E-state index < -0.39 is 0 Å². The van der Waals surface area contributed by atoms with Crippen molar-refractivity contribution in [1.82, 2.24) is 10.2 Å². The number of hydrogen-bond acceptors (Lipinski definition) is 2. The fourth-order valence-corrected chi connectivity index (χ4v) is 3.89. The van der Waals surface area contributed by atoms with Crippen molar-refractivity contribution < 1.29 is 0 Å². The van der Waals surface area contributed by atoms with Crippen LogP contribution in [0.15, 0.2) is 0 Å². The van der Waals surface area contributed by atoms with Crippen molar-refractivity contribution in [2.24, 2.45) is 5.92 Å². The van der Waals surface area contributed by atoms with E-state index in [4.69, 9.17) is 0 Å². The molecular formula is C16H32N2. The highest BCUT2D eigenvalue weighted by Gasteiger charge is 2.37. The Morgan fingerprint density at radius 1 is 1.17 bits per heavy atom. The van der Waals surface area contributed by atoms with Crippen LogP contribution >= 0.6 is 0 Å². The molecule has 1 N–H and O–H groups in total. The Hall–Kier alpha value is -0.0800. The summed E-state index contributed by atoms with van der Waals surface area (Å²) in [6, 6.07) is 1.62. The zero-order valence-corrected chi connectivity index (χ0v) is 12.8. The van der Waals surface area contributed by atoms with Crippen molar-refractivity contribution in [3.05, 3.63) is 0 Å². The molecular weight excluding hydrogens is 220 g/mol. The Morgan fingerprint density at radius 2 is 1.94 bits per heavy atom. The van der Waals surface area contributed by atoms with Gasteiger partial charge >= 0.3 is 0 Å². The Kier molecular flexibility index (Phi) is 4.71. The molecule has 1 heterocycles. The Morgan fingerprint density at radius 3 is 2.61 bits per heavy atom. The van der Waals surface area contributed by atoms with Gasteiger partial charge in [0.25, 0.3) is 0 Å². The summed E-state index contributed by atoms with van der Waals surface area (Å²) >= 11 is 0. The summed E-state index contributed by atoms with van der Waals surface area (Å²) in [5.41, 5.74) is 0.296. The summed E-state index contributed by atoms with van der Waals surface area (Å²) in [4.78, 5) is 2.85. The summed E-state index contributed by atoms with van der Waals surface area (Å²) in [5.74, 6) is 0.985. The van der Waals surface area contributed by atoms with Crippen molar-refractivity contribution >= 4 is 0 Å². The zero-order chi connectivity index (χ0) is 13.2. The SMILES string of the molecule is CCC1CCCC(N2CC(C)(C)NCC2CC)C1. The van der Waals surface area contributed by atoms with Crippen LogP contribution in [0.25, 0.3) is 0 Å². The number of rotatable bonds is 3. The van der Waals surface area contributed by atoms with Crippen molar-refractivity contribution in [3.63, 3.8) is 0 Å². The Bertz CT molecular complexity index is 262. The summed E-state index contributed by atoms with van der Waals surface area (Å²) in [6.07, 6.45) is 8.47. The second-order valence-electron chi connectivity index (χ2n) is 7.09. The van der Waals surface area contributed by atoms with Gasteiger partial charge in [-0.05, 0) is 39.0 Å². The minimum absolute atomic E-state index is 0.296. The molecule has 2 fully saturated rings. The lowest BCUT2D eigenvalue weighted by Gasteiger charge is -2.49. The first kappa shape index (κ1) is 14.3. The van der Waals surface area contributed by atoms with E-state index in [2.05, 4.69) is 37.9 Å². The highest BCUT2D eigenvalue weighted by atomic mass is 15.3. The molecule has 1 aliphatic carbocycles. The van der Waals surface area contributed by atoms with E-state index in [1.807, 2.05) is 0 Å². The Labute approximate surface area is 114 Å². The normalized spacial score (nSPS) is 37.7. The van der Waals surface area contributed by atoms with E-state index >= 15 is 0 Å². The van der Waals surface area contributed by atoms with E-state index in [0.29, 0.717) is 5.54 Å². The fraction of sp³-hybridized carbons (Fsp3) is 1.00. The third-order valence-corrected chi connectivity index (χ3v) is 5.14. The molecule has 0 aromatic heterocycles. The molecule has 1 saturated heterocycles. The maximum atomic E-state index is 3.71. The molecule has 0 radical (unpaired) electrons. The zero-order valence-electron chi connectivity index (χ0n) is 12.8. The lowest BCUT2D eigenvalue weighted by Crippen LogP contribution is -2.64. The molecule has 0 aromatic rings. The van der Waals surface area contributed by atoms with Gasteiger partial charge in [-0.1, -0.05) is 33.1 Å². The van der Waals surface area contributed by atoms with E-state index in [9.17, 15) is 0 Å². The van der Waals surface area contributed by atoms with Crippen LogP contribution in [-0.2, 0) is 0 Å². The average Bonchev–Trinajstić information content (AvgIpc) is 2.38. The van der Waals surface area contributed by atoms with E-state index in [0.717, 1.165) is 18.0 Å². The van der Waals surface area contributed by atoms with Crippen LogP contribution in [0.2, 0.25) is 0 Å². The van der Waals surface area contributed by atoms with Gasteiger partial charge in [0.2, 0.25) is 0 Å². The van der Waals surface area contributed by atoms with Crippen LogP contribution in [0.1, 0.15) is 66.2 Å². The fourth-order valence-electron chi connectivity index (χ4n) is 3.89. The van der Waals surface area contributed by atoms with Gasteiger partial charge in [-0.3, -0.25) is 4.90 Å². The summed E-state index contributed by atoms with van der Waals surface area (Å²) in [5, 5.41) is 3.71. The highest BCUT2D eigenvalue weighted by Crippen LogP contribution is 2.33. The van der Waals surface area contributed by atoms with Crippen molar-refractivity contribution in [2.75, 3.05) is 13.1 Å². The first-order valence-electron chi connectivity index (χ1n) is 8.06. The summed E-state index contributed by atoms with van der Waals surface area (Å²) in [6.45, 7) is 11.8. The van der Waals surface area contributed by atoms with Gasteiger partial charge in [-0.15, -0.1) is 0 Å². The largest absolute Gasteiger partial charge is 0.309 e. The summed E-state index contributed by atoms with van der Waals surface area (Å²) < 4.78 is 0. The minimum Gasteiger partial charge on any atom is -0.309 e. The van der Waals surface area contributed by atoms with Crippen molar-refractivity contribution in [2.45, 2.75) is 83.8 Å². The van der Waals surface area contributed by atoms with Gasteiger partial charge in [0.05, 0.1) is 0 Å². The van der Waals surface area contributed by atoms with Crippen LogP contribution in [-0.4, -0.2) is 35.6 Å². The first-order valence-corrected chi connectivity index (χ1v) is 8.06. The van der Waals surface area contributed by atoms with Crippen LogP contribution in [0, 0.1) is 5.92 Å². The van der Waals surface area contributed by atoms with Gasteiger partial charge in [0.1, 0.15) is 0 Å². The number of piperazine rings is 1. The second kappa shape index (κ2) is 5.92. The lowest BCUT2D eigenvalue weighted by atomic mass is 9.81. The first-order chi connectivity index (χ1) is 8.55. The predicted octanol–water partition coefficient (Wildman–Crippen LogP) is 3.42. The molecule has 0 bridgehead atoms. The van der Waals surface area contributed by atoms with Crippen LogP contribution in [0.4, 0.5) is 0 Å². The van der Waals surface area contributed by atoms with Crippen LogP contribution in [0.5, 0.6) is 0 Å². The highest BCUT2D eigenvalue weighted by molar-refractivity contribution is 4.95. The van der Waals surface area contributed by atoms with Crippen LogP contribution in [0.3, 0.4) is 0 Å². The molecule has 106 valence electrons. The molecule has 2 nitrogen and oxygen atoms in total. The number of hydrogen-bond donors (Lipinski definition) is 1. The quantitative estimate of drug-likeness (QED) is 0.828. The molecule has 2 aliphatic rings. The molecule has 1 saturated carbocycles. The van der Waals surface area contributed by atoms with Gasteiger partial charge in [-0.25, -0.2) is 0 Å². The second-order valence-corrected chi connectivity index (χ2v) is 7.09. The minimum atomic E-state index is 0.296. The standard InChI is InChI=1S/C16H32N2/c1-5-13-8-7-9-15(10-13)18-12-16(3,4)17-11-14(18)6-2/h13-15,17H,5-12H2,1-4H3. The maximum Gasteiger partial charge on any atom is 0.0253 e. The van der Waals surface area contributed by atoms with Gasteiger partial charge in [0.15, 0.2) is 0 Å². The van der Waals surface area contributed by atoms with E-state index in [1.54, 1.807) is 0 Å². The third-order valence-electron chi connectivity index (χ3n) is 5.14. The lowest BCUT2D eigenvalue weighted by molar-refractivity contribution is 0.0258. The number of nitrogens with one attached hydrogen (secondary N) is 1. The third kappa shape index (κ3) is 3.27. The molecule has 0 aromatic carbocycles. The smallest absolute Gasteiger partial charge is 0.0253 e. The van der Waals surface area contributed by atoms with Crippen molar-refractivity contribution in [1.29, 1.82) is 0 Å². The predicted molar refractivity (Wildman–Crippen MR) is 78.9 cm³/mol. The molecule has 3 atom stereocenters.